The standard InChI is InChI=1S/C11H21N3O/c1-5-11(3,15)8-12-6-10-7-14(4)13-9(10)2/h7,12,15H,5-6,8H2,1-4H3. The molecule has 1 aromatic heterocycles. The summed E-state index contributed by atoms with van der Waals surface area (Å²) < 4.78 is 1.81. The van der Waals surface area contributed by atoms with Crippen molar-refractivity contribution in [2.24, 2.45) is 7.05 Å². The maximum Gasteiger partial charge on any atom is 0.0741 e. The molecule has 0 amide bonds. The third-order valence-electron chi connectivity index (χ3n) is 2.70. The Morgan fingerprint density at radius 1 is 1.60 bits per heavy atom. The summed E-state index contributed by atoms with van der Waals surface area (Å²) in [5.74, 6) is 0. The van der Waals surface area contributed by atoms with Crippen molar-refractivity contribution in [1.29, 1.82) is 0 Å². The highest BCUT2D eigenvalue weighted by atomic mass is 16.3. The molecular weight excluding hydrogens is 190 g/mol. The van der Waals surface area contributed by atoms with Crippen molar-refractivity contribution < 1.29 is 5.11 Å². The predicted molar refractivity (Wildman–Crippen MR) is 60.6 cm³/mol. The van der Waals surface area contributed by atoms with E-state index < -0.39 is 5.60 Å². The molecular formula is C11H21N3O. The summed E-state index contributed by atoms with van der Waals surface area (Å²) in [6, 6.07) is 0. The van der Waals surface area contributed by atoms with E-state index in [0.29, 0.717) is 6.54 Å². The minimum Gasteiger partial charge on any atom is -0.389 e. The molecule has 0 bridgehead atoms. The maximum atomic E-state index is 9.79. The van der Waals surface area contributed by atoms with Crippen molar-refractivity contribution in [2.45, 2.75) is 39.3 Å². The quantitative estimate of drug-likeness (QED) is 0.763. The first-order chi connectivity index (χ1) is 6.94. The largest absolute Gasteiger partial charge is 0.389 e. The summed E-state index contributed by atoms with van der Waals surface area (Å²) in [5, 5.41) is 17.3. The van der Waals surface area contributed by atoms with Crippen LogP contribution in [0.5, 0.6) is 0 Å². The second kappa shape index (κ2) is 4.77. The van der Waals surface area contributed by atoms with Gasteiger partial charge >= 0.3 is 0 Å². The Hall–Kier alpha value is -0.870. The van der Waals surface area contributed by atoms with Crippen LogP contribution in [0.2, 0.25) is 0 Å². The molecule has 0 saturated carbocycles. The highest BCUT2D eigenvalue weighted by molar-refractivity contribution is 5.14. The van der Waals surface area contributed by atoms with Crippen LogP contribution in [0.3, 0.4) is 0 Å². The Kier molecular flexibility index (Phi) is 3.88. The third-order valence-corrected chi connectivity index (χ3v) is 2.70. The maximum absolute atomic E-state index is 9.79. The van der Waals surface area contributed by atoms with Crippen molar-refractivity contribution in [3.05, 3.63) is 17.5 Å². The molecule has 0 fully saturated rings. The van der Waals surface area contributed by atoms with E-state index in [4.69, 9.17) is 0 Å². The van der Waals surface area contributed by atoms with Crippen LogP contribution >= 0.6 is 0 Å². The van der Waals surface area contributed by atoms with Gasteiger partial charge in [0.1, 0.15) is 0 Å². The van der Waals surface area contributed by atoms with Crippen LogP contribution in [0.25, 0.3) is 0 Å². The van der Waals surface area contributed by atoms with E-state index >= 15 is 0 Å². The smallest absolute Gasteiger partial charge is 0.0741 e. The molecule has 4 heteroatoms. The van der Waals surface area contributed by atoms with Gasteiger partial charge in [-0.15, -0.1) is 0 Å². The van der Waals surface area contributed by atoms with Crippen LogP contribution in [0.1, 0.15) is 31.5 Å². The van der Waals surface area contributed by atoms with Crippen molar-refractivity contribution in [1.82, 2.24) is 15.1 Å². The zero-order chi connectivity index (χ0) is 11.5. The van der Waals surface area contributed by atoms with Gasteiger partial charge < -0.3 is 10.4 Å². The molecule has 0 saturated heterocycles. The highest BCUT2D eigenvalue weighted by Gasteiger charge is 2.16. The number of aryl methyl sites for hydroxylation is 2. The lowest BCUT2D eigenvalue weighted by atomic mass is 10.0. The van der Waals surface area contributed by atoms with Gasteiger partial charge in [0, 0.05) is 31.9 Å². The number of aromatic nitrogens is 2. The summed E-state index contributed by atoms with van der Waals surface area (Å²) in [4.78, 5) is 0. The first-order valence-electron chi connectivity index (χ1n) is 5.37. The number of nitrogens with zero attached hydrogens (tertiary/aromatic N) is 2. The normalized spacial score (nSPS) is 15.3. The van der Waals surface area contributed by atoms with E-state index in [1.807, 2.05) is 38.7 Å². The minimum atomic E-state index is -0.615. The Labute approximate surface area is 91.3 Å². The SMILES string of the molecule is CCC(C)(O)CNCc1cn(C)nc1C. The van der Waals surface area contributed by atoms with Crippen LogP contribution in [-0.4, -0.2) is 27.0 Å². The average Bonchev–Trinajstić information content (AvgIpc) is 2.45. The van der Waals surface area contributed by atoms with Gasteiger partial charge in [-0.1, -0.05) is 6.92 Å². The highest BCUT2D eigenvalue weighted by Crippen LogP contribution is 2.08. The summed E-state index contributed by atoms with van der Waals surface area (Å²) in [5.41, 5.74) is 1.61. The van der Waals surface area contributed by atoms with E-state index in [-0.39, 0.29) is 0 Å². The Morgan fingerprint density at radius 2 is 2.27 bits per heavy atom. The van der Waals surface area contributed by atoms with Gasteiger partial charge in [0.25, 0.3) is 0 Å². The zero-order valence-electron chi connectivity index (χ0n) is 10.0. The van der Waals surface area contributed by atoms with Crippen LogP contribution < -0.4 is 5.32 Å². The zero-order valence-corrected chi connectivity index (χ0v) is 10.0. The molecule has 1 aromatic rings. The topological polar surface area (TPSA) is 50.1 Å². The predicted octanol–water partition coefficient (Wildman–Crippen LogP) is 0.979. The van der Waals surface area contributed by atoms with Crippen molar-refractivity contribution in [3.63, 3.8) is 0 Å². The lowest BCUT2D eigenvalue weighted by Crippen LogP contribution is -2.36. The Morgan fingerprint density at radius 3 is 2.73 bits per heavy atom. The number of hydrogen-bond donors (Lipinski definition) is 2. The van der Waals surface area contributed by atoms with E-state index in [1.165, 1.54) is 5.56 Å². The average molecular weight is 211 g/mol. The van der Waals surface area contributed by atoms with Gasteiger partial charge in [0.05, 0.1) is 11.3 Å². The fourth-order valence-corrected chi connectivity index (χ4v) is 1.41. The number of rotatable bonds is 5. The molecule has 86 valence electrons. The van der Waals surface area contributed by atoms with Gasteiger partial charge in [-0.3, -0.25) is 4.68 Å². The molecule has 0 aromatic carbocycles. The van der Waals surface area contributed by atoms with E-state index in [9.17, 15) is 5.11 Å². The molecule has 1 heterocycles. The molecule has 0 radical (unpaired) electrons. The van der Waals surface area contributed by atoms with Crippen molar-refractivity contribution >= 4 is 0 Å². The molecule has 0 aliphatic rings. The molecule has 1 atom stereocenters. The summed E-state index contributed by atoms with van der Waals surface area (Å²) in [6.45, 7) is 7.19. The van der Waals surface area contributed by atoms with Crippen LogP contribution in [0.15, 0.2) is 6.20 Å². The van der Waals surface area contributed by atoms with Crippen LogP contribution in [0.4, 0.5) is 0 Å². The van der Waals surface area contributed by atoms with Gasteiger partial charge in [0.15, 0.2) is 0 Å². The number of hydrogen-bond acceptors (Lipinski definition) is 3. The second-order valence-corrected chi connectivity index (χ2v) is 4.37. The molecule has 1 rings (SSSR count). The summed E-state index contributed by atoms with van der Waals surface area (Å²) >= 11 is 0. The Balaban J connectivity index is 2.41. The minimum absolute atomic E-state index is 0.609. The van der Waals surface area contributed by atoms with Gasteiger partial charge in [-0.05, 0) is 20.3 Å². The summed E-state index contributed by atoms with van der Waals surface area (Å²) in [6.07, 6.45) is 2.76. The van der Waals surface area contributed by atoms with Crippen molar-refractivity contribution in [2.75, 3.05) is 6.54 Å². The molecule has 2 N–H and O–H groups in total. The van der Waals surface area contributed by atoms with E-state index in [2.05, 4.69) is 10.4 Å². The monoisotopic (exact) mass is 211 g/mol. The molecule has 0 aliphatic carbocycles. The lowest BCUT2D eigenvalue weighted by Gasteiger charge is -2.21. The Bertz CT molecular complexity index is 318. The molecule has 1 unspecified atom stereocenters. The molecule has 15 heavy (non-hydrogen) atoms. The van der Waals surface area contributed by atoms with Crippen molar-refractivity contribution in [3.8, 4) is 0 Å². The fourth-order valence-electron chi connectivity index (χ4n) is 1.41. The molecule has 0 spiro atoms. The van der Waals surface area contributed by atoms with Gasteiger partial charge in [-0.25, -0.2) is 0 Å². The van der Waals surface area contributed by atoms with E-state index in [0.717, 1.165) is 18.7 Å². The molecule has 4 nitrogen and oxygen atoms in total. The van der Waals surface area contributed by atoms with Gasteiger partial charge in [0.2, 0.25) is 0 Å². The molecule has 0 aliphatic heterocycles. The third kappa shape index (κ3) is 3.64. The second-order valence-electron chi connectivity index (χ2n) is 4.37. The van der Waals surface area contributed by atoms with E-state index in [1.54, 1.807) is 0 Å². The van der Waals surface area contributed by atoms with Crippen LogP contribution in [-0.2, 0) is 13.6 Å². The van der Waals surface area contributed by atoms with Gasteiger partial charge in [-0.2, -0.15) is 5.10 Å². The fraction of sp³-hybridized carbons (Fsp3) is 0.727. The number of aliphatic hydroxyl groups is 1. The first kappa shape index (κ1) is 12.2. The lowest BCUT2D eigenvalue weighted by molar-refractivity contribution is 0.0555. The first-order valence-corrected chi connectivity index (χ1v) is 5.37. The summed E-state index contributed by atoms with van der Waals surface area (Å²) in [7, 11) is 1.92. The number of nitrogens with one attached hydrogen (secondary N) is 1. The van der Waals surface area contributed by atoms with Crippen LogP contribution in [0, 0.1) is 6.92 Å².